The number of nitrogens with two attached hydrogens (primary N) is 1. The molecule has 0 aliphatic carbocycles. The molecule has 23 heavy (non-hydrogen) atoms. The second kappa shape index (κ2) is 8.08. The summed E-state index contributed by atoms with van der Waals surface area (Å²) in [6, 6.07) is 1.93. The molecule has 1 atom stereocenters. The van der Waals surface area contributed by atoms with Crippen LogP contribution in [0.4, 0.5) is 0 Å². The number of benzene rings is 1. The molecule has 1 aliphatic heterocycles. The van der Waals surface area contributed by atoms with E-state index in [4.69, 9.17) is 44.5 Å². The third kappa shape index (κ3) is 4.65. The van der Waals surface area contributed by atoms with Gasteiger partial charge in [0.2, 0.25) is 18.3 Å². The first kappa shape index (κ1) is 18.4. The molecule has 0 radical (unpaired) electrons. The van der Waals surface area contributed by atoms with Crippen molar-refractivity contribution >= 4 is 11.9 Å². The minimum atomic E-state index is -1.82. The monoisotopic (exact) mass is 329 g/mol. The number of fused-ring (bicyclic) bond motifs is 1. The minimum absolute atomic E-state index is 0.0361. The fraction of sp³-hybridized carbons (Fsp3) is 0.429. The van der Waals surface area contributed by atoms with Crippen LogP contribution in [-0.4, -0.2) is 49.2 Å². The van der Waals surface area contributed by atoms with Gasteiger partial charge in [-0.2, -0.15) is 0 Å². The Bertz CT molecular complexity index is 573. The van der Waals surface area contributed by atoms with Gasteiger partial charge in [0.15, 0.2) is 11.5 Å². The standard InChI is InChI=1S/C12H17NO4.C2H2O4/c1-7(13)4-8-5-9-11(17-6-16-9)12(15-3)10(8)14-2;3-1(4)2(5)6/h5,7H,4,6,13H2,1-3H3;(H,3,4)(H,5,6). The molecule has 0 bridgehead atoms. The maximum atomic E-state index is 9.10. The molecule has 0 saturated heterocycles. The van der Waals surface area contributed by atoms with Crippen LogP contribution >= 0.6 is 0 Å². The van der Waals surface area contributed by atoms with E-state index >= 15 is 0 Å². The van der Waals surface area contributed by atoms with Crippen LogP contribution in [0.5, 0.6) is 23.0 Å². The molecule has 1 unspecified atom stereocenters. The molecule has 0 spiro atoms. The number of carboxylic acids is 2. The van der Waals surface area contributed by atoms with Gasteiger partial charge in [0.05, 0.1) is 14.2 Å². The average Bonchev–Trinajstić information content (AvgIpc) is 2.93. The van der Waals surface area contributed by atoms with Crippen molar-refractivity contribution in [3.05, 3.63) is 11.6 Å². The number of carboxylic acid groups (broad SMARTS) is 2. The summed E-state index contributed by atoms with van der Waals surface area (Å²) in [6.07, 6.45) is 0.691. The summed E-state index contributed by atoms with van der Waals surface area (Å²) < 4.78 is 21.4. The molecule has 1 aliphatic rings. The molecule has 1 aromatic rings. The van der Waals surface area contributed by atoms with Crippen molar-refractivity contribution in [1.29, 1.82) is 0 Å². The lowest BCUT2D eigenvalue weighted by Gasteiger charge is -2.15. The zero-order valence-corrected chi connectivity index (χ0v) is 13.0. The molecule has 4 N–H and O–H groups in total. The van der Waals surface area contributed by atoms with E-state index in [0.717, 1.165) is 5.56 Å². The van der Waals surface area contributed by atoms with E-state index in [1.54, 1.807) is 14.2 Å². The van der Waals surface area contributed by atoms with Crippen LogP contribution in [0.15, 0.2) is 6.07 Å². The third-order valence-corrected chi connectivity index (χ3v) is 2.78. The van der Waals surface area contributed by atoms with Gasteiger partial charge in [0, 0.05) is 11.6 Å². The van der Waals surface area contributed by atoms with Crippen molar-refractivity contribution in [3.8, 4) is 23.0 Å². The first-order valence-corrected chi connectivity index (χ1v) is 6.57. The van der Waals surface area contributed by atoms with Crippen molar-refractivity contribution < 1.29 is 38.7 Å². The minimum Gasteiger partial charge on any atom is -0.492 e. The fourth-order valence-electron chi connectivity index (χ4n) is 1.95. The smallest absolute Gasteiger partial charge is 0.414 e. The summed E-state index contributed by atoms with van der Waals surface area (Å²) in [4.78, 5) is 18.2. The summed E-state index contributed by atoms with van der Waals surface area (Å²) in [6.45, 7) is 2.15. The molecule has 9 heteroatoms. The van der Waals surface area contributed by atoms with Crippen LogP contribution in [0.1, 0.15) is 12.5 Å². The Morgan fingerprint density at radius 3 is 2.22 bits per heavy atom. The Morgan fingerprint density at radius 1 is 1.22 bits per heavy atom. The summed E-state index contributed by atoms with van der Waals surface area (Å²) in [5.41, 5.74) is 6.78. The lowest BCUT2D eigenvalue weighted by Crippen LogP contribution is -2.18. The van der Waals surface area contributed by atoms with Gasteiger partial charge < -0.3 is 34.9 Å². The first-order chi connectivity index (χ1) is 10.8. The van der Waals surface area contributed by atoms with Gasteiger partial charge in [-0.3, -0.25) is 0 Å². The molecule has 0 aromatic heterocycles. The topological polar surface area (TPSA) is 138 Å². The summed E-state index contributed by atoms with van der Waals surface area (Å²) in [7, 11) is 3.18. The summed E-state index contributed by atoms with van der Waals surface area (Å²) in [5.74, 6) is -1.15. The van der Waals surface area contributed by atoms with E-state index in [1.165, 1.54) is 0 Å². The SMILES string of the molecule is COc1c(CC(C)N)cc2c(c1OC)OCO2.O=C(O)C(=O)O. The van der Waals surface area contributed by atoms with Gasteiger partial charge in [-0.05, 0) is 19.4 Å². The normalized spacial score (nSPS) is 12.7. The molecule has 0 saturated carbocycles. The summed E-state index contributed by atoms with van der Waals surface area (Å²) in [5, 5.41) is 14.8. The van der Waals surface area contributed by atoms with Gasteiger partial charge in [-0.15, -0.1) is 0 Å². The number of ether oxygens (including phenoxy) is 4. The molecule has 9 nitrogen and oxygen atoms in total. The second-order valence-corrected chi connectivity index (χ2v) is 4.63. The predicted molar refractivity (Wildman–Crippen MR) is 78.3 cm³/mol. The predicted octanol–water partition coefficient (Wildman–Crippen LogP) is 0.478. The zero-order chi connectivity index (χ0) is 17.6. The molecular formula is C14H19NO8. The van der Waals surface area contributed by atoms with Crippen molar-refractivity contribution in [2.75, 3.05) is 21.0 Å². The van der Waals surface area contributed by atoms with Gasteiger partial charge in [0.1, 0.15) is 0 Å². The lowest BCUT2D eigenvalue weighted by atomic mass is 10.0. The van der Waals surface area contributed by atoms with E-state index in [-0.39, 0.29) is 12.8 Å². The van der Waals surface area contributed by atoms with E-state index in [0.29, 0.717) is 29.4 Å². The Labute approximate surface area is 132 Å². The van der Waals surface area contributed by atoms with Gasteiger partial charge in [0.25, 0.3) is 0 Å². The van der Waals surface area contributed by atoms with E-state index < -0.39 is 11.9 Å². The Hall–Kier alpha value is -2.68. The summed E-state index contributed by atoms with van der Waals surface area (Å²) >= 11 is 0. The number of hydrogen-bond donors (Lipinski definition) is 3. The molecule has 0 fully saturated rings. The zero-order valence-electron chi connectivity index (χ0n) is 13.0. The highest BCUT2D eigenvalue weighted by atomic mass is 16.7. The average molecular weight is 329 g/mol. The third-order valence-electron chi connectivity index (χ3n) is 2.78. The maximum Gasteiger partial charge on any atom is 0.414 e. The van der Waals surface area contributed by atoms with Crippen molar-refractivity contribution in [3.63, 3.8) is 0 Å². The quantitative estimate of drug-likeness (QED) is 0.673. The highest BCUT2D eigenvalue weighted by Crippen LogP contribution is 2.49. The number of hydrogen-bond acceptors (Lipinski definition) is 7. The van der Waals surface area contributed by atoms with Gasteiger partial charge in [-0.1, -0.05) is 0 Å². The number of rotatable bonds is 4. The highest BCUT2D eigenvalue weighted by Gasteiger charge is 2.26. The fourth-order valence-corrected chi connectivity index (χ4v) is 1.95. The van der Waals surface area contributed by atoms with Crippen LogP contribution in [0.3, 0.4) is 0 Å². The van der Waals surface area contributed by atoms with Crippen LogP contribution in [0.2, 0.25) is 0 Å². The molecule has 1 heterocycles. The van der Waals surface area contributed by atoms with Gasteiger partial charge >= 0.3 is 11.9 Å². The van der Waals surface area contributed by atoms with Crippen molar-refractivity contribution in [1.82, 2.24) is 0 Å². The van der Waals surface area contributed by atoms with Crippen LogP contribution < -0.4 is 24.7 Å². The Kier molecular flexibility index (Phi) is 6.46. The Morgan fingerprint density at radius 2 is 1.78 bits per heavy atom. The number of carbonyl (C=O) groups is 2. The van der Waals surface area contributed by atoms with E-state index in [1.807, 2.05) is 13.0 Å². The van der Waals surface area contributed by atoms with Crippen LogP contribution in [0.25, 0.3) is 0 Å². The molecular weight excluding hydrogens is 310 g/mol. The number of methoxy groups -OCH3 is 2. The van der Waals surface area contributed by atoms with E-state index in [9.17, 15) is 0 Å². The lowest BCUT2D eigenvalue weighted by molar-refractivity contribution is -0.159. The molecule has 0 amide bonds. The van der Waals surface area contributed by atoms with Crippen LogP contribution in [-0.2, 0) is 16.0 Å². The van der Waals surface area contributed by atoms with E-state index in [2.05, 4.69) is 0 Å². The molecule has 2 rings (SSSR count). The van der Waals surface area contributed by atoms with Crippen molar-refractivity contribution in [2.24, 2.45) is 5.73 Å². The highest BCUT2D eigenvalue weighted by molar-refractivity contribution is 6.27. The first-order valence-electron chi connectivity index (χ1n) is 6.57. The number of aliphatic carboxylic acids is 2. The van der Waals surface area contributed by atoms with Crippen LogP contribution in [0, 0.1) is 0 Å². The maximum absolute atomic E-state index is 9.10. The van der Waals surface area contributed by atoms with Gasteiger partial charge in [-0.25, -0.2) is 9.59 Å². The Balaban J connectivity index is 0.000000379. The van der Waals surface area contributed by atoms with Crippen molar-refractivity contribution in [2.45, 2.75) is 19.4 Å². The largest absolute Gasteiger partial charge is 0.492 e. The molecule has 1 aromatic carbocycles. The second-order valence-electron chi connectivity index (χ2n) is 4.63. The molecule has 128 valence electrons.